The summed E-state index contributed by atoms with van der Waals surface area (Å²) < 4.78 is 18.4. The molecular weight excluding hydrogens is 213 g/mol. The second-order valence-electron chi connectivity index (χ2n) is 3.40. The Morgan fingerprint density at radius 3 is 2.81 bits per heavy atom. The average molecular weight is 227 g/mol. The molecule has 1 rings (SSSR count). The number of nitro benzene ring substituents is 1. The minimum absolute atomic E-state index is 0.00102. The van der Waals surface area contributed by atoms with Crippen LogP contribution in [0.1, 0.15) is 26.2 Å². The molecule has 5 heteroatoms. The molecular formula is C11H14FNO3. The Morgan fingerprint density at radius 1 is 1.44 bits per heavy atom. The SMILES string of the molecule is CCCCCOc1cccc(F)c1[N+](=O)[O-]. The van der Waals surface area contributed by atoms with Crippen LogP contribution >= 0.6 is 0 Å². The van der Waals surface area contributed by atoms with E-state index in [0.717, 1.165) is 25.3 Å². The van der Waals surface area contributed by atoms with Crippen LogP contribution < -0.4 is 4.74 Å². The Kier molecular flexibility index (Phi) is 4.69. The molecule has 0 aliphatic heterocycles. The quantitative estimate of drug-likeness (QED) is 0.425. The first-order valence-corrected chi connectivity index (χ1v) is 5.22. The molecule has 0 N–H and O–H groups in total. The van der Waals surface area contributed by atoms with Gasteiger partial charge in [0.25, 0.3) is 0 Å². The second kappa shape index (κ2) is 6.05. The number of nitrogens with zero attached hydrogens (tertiary/aromatic N) is 1. The molecule has 0 spiro atoms. The smallest absolute Gasteiger partial charge is 0.346 e. The Hall–Kier alpha value is -1.65. The van der Waals surface area contributed by atoms with Crippen molar-refractivity contribution in [3.63, 3.8) is 0 Å². The lowest BCUT2D eigenvalue weighted by atomic mass is 10.2. The van der Waals surface area contributed by atoms with Gasteiger partial charge in [0.2, 0.25) is 5.82 Å². The highest BCUT2D eigenvalue weighted by atomic mass is 19.1. The van der Waals surface area contributed by atoms with Crippen molar-refractivity contribution in [2.24, 2.45) is 0 Å². The Balaban J connectivity index is 2.71. The van der Waals surface area contributed by atoms with Gasteiger partial charge in [-0.3, -0.25) is 10.1 Å². The first kappa shape index (κ1) is 12.4. The molecule has 0 atom stereocenters. The Labute approximate surface area is 93.2 Å². The van der Waals surface area contributed by atoms with Crippen molar-refractivity contribution in [3.8, 4) is 5.75 Å². The maximum atomic E-state index is 13.2. The molecule has 1 aromatic carbocycles. The van der Waals surface area contributed by atoms with Gasteiger partial charge in [-0.15, -0.1) is 0 Å². The molecule has 0 saturated heterocycles. The number of halogens is 1. The molecule has 0 amide bonds. The molecule has 1 aromatic rings. The third-order valence-electron chi connectivity index (χ3n) is 2.14. The van der Waals surface area contributed by atoms with Crippen LogP contribution in [0.5, 0.6) is 5.75 Å². The van der Waals surface area contributed by atoms with E-state index in [1.165, 1.54) is 12.1 Å². The summed E-state index contributed by atoms with van der Waals surface area (Å²) in [5.74, 6) is -0.862. The molecule has 0 heterocycles. The maximum Gasteiger partial charge on any atom is 0.346 e. The topological polar surface area (TPSA) is 52.4 Å². The van der Waals surface area contributed by atoms with Crippen LogP contribution in [0.4, 0.5) is 10.1 Å². The summed E-state index contributed by atoms with van der Waals surface area (Å²) in [4.78, 5) is 9.86. The highest BCUT2D eigenvalue weighted by molar-refractivity contribution is 5.47. The standard InChI is InChI=1S/C11H14FNO3/c1-2-3-4-8-16-10-7-5-6-9(12)11(10)13(14)15/h5-7H,2-4,8H2,1H3. The summed E-state index contributed by atoms with van der Waals surface area (Å²) >= 11 is 0. The zero-order valence-electron chi connectivity index (χ0n) is 9.11. The van der Waals surface area contributed by atoms with Gasteiger partial charge >= 0.3 is 5.69 Å². The summed E-state index contributed by atoms with van der Waals surface area (Å²) in [5.41, 5.74) is -0.584. The first-order chi connectivity index (χ1) is 7.66. The minimum Gasteiger partial charge on any atom is -0.487 e. The van der Waals surface area contributed by atoms with E-state index in [2.05, 4.69) is 0 Å². The lowest BCUT2D eigenvalue weighted by molar-refractivity contribution is -0.388. The van der Waals surface area contributed by atoms with Crippen molar-refractivity contribution in [1.82, 2.24) is 0 Å². The van der Waals surface area contributed by atoms with E-state index in [4.69, 9.17) is 4.74 Å². The molecule has 0 saturated carbocycles. The molecule has 0 unspecified atom stereocenters. The van der Waals surface area contributed by atoms with E-state index in [0.29, 0.717) is 6.61 Å². The third kappa shape index (κ3) is 3.18. The van der Waals surface area contributed by atoms with Crippen molar-refractivity contribution >= 4 is 5.69 Å². The number of hydrogen-bond acceptors (Lipinski definition) is 3. The van der Waals surface area contributed by atoms with Crippen LogP contribution in [-0.2, 0) is 0 Å². The normalized spacial score (nSPS) is 10.1. The van der Waals surface area contributed by atoms with Gasteiger partial charge in [0.1, 0.15) is 0 Å². The van der Waals surface area contributed by atoms with Gasteiger partial charge in [-0.1, -0.05) is 25.8 Å². The van der Waals surface area contributed by atoms with E-state index in [9.17, 15) is 14.5 Å². The fourth-order valence-corrected chi connectivity index (χ4v) is 1.32. The molecule has 0 aliphatic rings. The van der Waals surface area contributed by atoms with Crippen LogP contribution in [0.3, 0.4) is 0 Å². The van der Waals surface area contributed by atoms with Gasteiger partial charge in [-0.2, -0.15) is 4.39 Å². The van der Waals surface area contributed by atoms with Crippen LogP contribution in [-0.4, -0.2) is 11.5 Å². The third-order valence-corrected chi connectivity index (χ3v) is 2.14. The van der Waals surface area contributed by atoms with Gasteiger partial charge in [0.15, 0.2) is 5.75 Å². The van der Waals surface area contributed by atoms with E-state index >= 15 is 0 Å². The molecule has 88 valence electrons. The summed E-state index contributed by atoms with van der Waals surface area (Å²) in [6.45, 7) is 2.42. The predicted molar refractivity (Wildman–Crippen MR) is 58.1 cm³/mol. The summed E-state index contributed by atoms with van der Waals surface area (Å²) in [5, 5.41) is 10.6. The van der Waals surface area contributed by atoms with Crippen LogP contribution in [0.25, 0.3) is 0 Å². The van der Waals surface area contributed by atoms with Gasteiger partial charge in [0, 0.05) is 0 Å². The number of nitro groups is 1. The molecule has 0 fully saturated rings. The average Bonchev–Trinajstić information content (AvgIpc) is 2.24. The Bertz CT molecular complexity index is 368. The van der Waals surface area contributed by atoms with E-state index in [1.54, 1.807) is 0 Å². The van der Waals surface area contributed by atoms with Gasteiger partial charge in [0.05, 0.1) is 11.5 Å². The van der Waals surface area contributed by atoms with E-state index in [-0.39, 0.29) is 5.75 Å². The van der Waals surface area contributed by atoms with Crippen LogP contribution in [0.2, 0.25) is 0 Å². The molecule has 0 bridgehead atoms. The highest BCUT2D eigenvalue weighted by Crippen LogP contribution is 2.29. The lowest BCUT2D eigenvalue weighted by Crippen LogP contribution is -2.02. The monoisotopic (exact) mass is 227 g/mol. The fraction of sp³-hybridized carbons (Fsp3) is 0.455. The summed E-state index contributed by atoms with van der Waals surface area (Å²) in [6, 6.07) is 3.86. The van der Waals surface area contributed by atoms with Crippen molar-refractivity contribution < 1.29 is 14.1 Å². The minimum atomic E-state index is -0.863. The zero-order valence-corrected chi connectivity index (χ0v) is 9.11. The fourth-order valence-electron chi connectivity index (χ4n) is 1.32. The number of unbranched alkanes of at least 4 members (excludes halogenated alkanes) is 2. The van der Waals surface area contributed by atoms with E-state index < -0.39 is 16.4 Å². The number of benzene rings is 1. The van der Waals surface area contributed by atoms with Crippen molar-refractivity contribution in [3.05, 3.63) is 34.1 Å². The maximum absolute atomic E-state index is 13.2. The molecule has 16 heavy (non-hydrogen) atoms. The van der Waals surface area contributed by atoms with Crippen LogP contribution in [0.15, 0.2) is 18.2 Å². The van der Waals surface area contributed by atoms with Gasteiger partial charge in [-0.25, -0.2) is 0 Å². The number of rotatable bonds is 6. The molecule has 0 aromatic heterocycles. The predicted octanol–water partition coefficient (Wildman–Crippen LogP) is 3.30. The summed E-state index contributed by atoms with van der Waals surface area (Å²) in [6.07, 6.45) is 2.84. The largest absolute Gasteiger partial charge is 0.487 e. The molecule has 0 radical (unpaired) electrons. The van der Waals surface area contributed by atoms with E-state index in [1.807, 2.05) is 6.92 Å². The van der Waals surface area contributed by atoms with Crippen molar-refractivity contribution in [2.45, 2.75) is 26.2 Å². The molecule has 4 nitrogen and oxygen atoms in total. The summed E-state index contributed by atoms with van der Waals surface area (Å²) in [7, 11) is 0. The van der Waals surface area contributed by atoms with Gasteiger partial charge in [-0.05, 0) is 18.6 Å². The number of ether oxygens (including phenoxy) is 1. The zero-order chi connectivity index (χ0) is 12.0. The van der Waals surface area contributed by atoms with Crippen molar-refractivity contribution in [2.75, 3.05) is 6.61 Å². The Morgan fingerprint density at radius 2 is 2.19 bits per heavy atom. The highest BCUT2D eigenvalue weighted by Gasteiger charge is 2.20. The molecule has 0 aliphatic carbocycles. The van der Waals surface area contributed by atoms with Gasteiger partial charge < -0.3 is 4.74 Å². The lowest BCUT2D eigenvalue weighted by Gasteiger charge is -2.06. The van der Waals surface area contributed by atoms with Crippen molar-refractivity contribution in [1.29, 1.82) is 0 Å². The first-order valence-electron chi connectivity index (χ1n) is 5.22. The van der Waals surface area contributed by atoms with Crippen LogP contribution in [0, 0.1) is 15.9 Å². The number of hydrogen-bond donors (Lipinski definition) is 0. The second-order valence-corrected chi connectivity index (χ2v) is 3.40. The number of para-hydroxylation sites is 1.